The van der Waals surface area contributed by atoms with Crippen molar-refractivity contribution >= 4 is 17.8 Å². The number of nitrogens with zero attached hydrogens (tertiary/aromatic N) is 1. The van der Waals surface area contributed by atoms with Gasteiger partial charge in [0.25, 0.3) is 11.8 Å². The topological polar surface area (TPSA) is 75.7 Å². The molecule has 1 N–H and O–H groups in total. The molecule has 0 heterocycles. The van der Waals surface area contributed by atoms with Gasteiger partial charge >= 0.3 is 5.97 Å². The van der Waals surface area contributed by atoms with Crippen LogP contribution in [0.1, 0.15) is 35.3 Å². The van der Waals surface area contributed by atoms with Crippen LogP contribution in [-0.2, 0) is 20.9 Å². The molecule has 2 aromatic rings. The van der Waals surface area contributed by atoms with Gasteiger partial charge in [0.1, 0.15) is 6.04 Å². The summed E-state index contributed by atoms with van der Waals surface area (Å²) in [5.74, 6) is -1.34. The molecule has 148 valence electrons. The highest BCUT2D eigenvalue weighted by molar-refractivity contribution is 5.97. The minimum absolute atomic E-state index is 0.311. The fraction of sp³-hybridized carbons (Fsp3) is 0.318. The predicted molar refractivity (Wildman–Crippen MR) is 107 cm³/mol. The average Bonchev–Trinajstić information content (AvgIpc) is 2.67. The maximum Gasteiger partial charge on any atom is 0.329 e. The maximum atomic E-state index is 12.4. The fourth-order valence-electron chi connectivity index (χ4n) is 2.70. The number of carbonyl (C=O) groups excluding carboxylic acids is 3. The summed E-state index contributed by atoms with van der Waals surface area (Å²) in [5.41, 5.74) is 2.39. The zero-order valence-electron chi connectivity index (χ0n) is 16.6. The minimum Gasteiger partial charge on any atom is -0.451 e. The molecule has 2 rings (SSSR count). The number of hydrogen-bond acceptors (Lipinski definition) is 4. The zero-order chi connectivity index (χ0) is 20.7. The van der Waals surface area contributed by atoms with E-state index in [1.807, 2.05) is 43.3 Å². The molecular weight excluding hydrogens is 356 g/mol. The molecule has 0 aliphatic carbocycles. The first kappa shape index (κ1) is 21.2. The van der Waals surface area contributed by atoms with Gasteiger partial charge in [0.15, 0.2) is 6.10 Å². The van der Waals surface area contributed by atoms with E-state index in [1.165, 1.54) is 18.7 Å². The van der Waals surface area contributed by atoms with Gasteiger partial charge in [-0.2, -0.15) is 0 Å². The van der Waals surface area contributed by atoms with Crippen LogP contribution in [0.25, 0.3) is 0 Å². The Morgan fingerprint density at radius 3 is 2.36 bits per heavy atom. The molecule has 0 radical (unpaired) electrons. The van der Waals surface area contributed by atoms with E-state index in [2.05, 4.69) is 5.32 Å². The molecule has 0 spiro atoms. The van der Waals surface area contributed by atoms with Crippen molar-refractivity contribution in [1.29, 1.82) is 0 Å². The molecular formula is C22H26N2O4. The molecule has 2 amide bonds. The SMILES string of the molecule is Cc1cccc(C(=O)N[C@@H](C)C(=O)O[C@H](C)C(=O)N(C)Cc2ccccc2)c1. The highest BCUT2D eigenvalue weighted by atomic mass is 16.5. The van der Waals surface area contributed by atoms with Crippen LogP contribution in [0.3, 0.4) is 0 Å². The minimum atomic E-state index is -0.945. The summed E-state index contributed by atoms with van der Waals surface area (Å²) < 4.78 is 5.25. The highest BCUT2D eigenvalue weighted by Gasteiger charge is 2.25. The summed E-state index contributed by atoms with van der Waals surface area (Å²) in [6, 6.07) is 15.7. The van der Waals surface area contributed by atoms with Gasteiger partial charge in [-0.25, -0.2) is 4.79 Å². The lowest BCUT2D eigenvalue weighted by Crippen LogP contribution is -2.43. The lowest BCUT2D eigenvalue weighted by molar-refractivity contribution is -0.159. The van der Waals surface area contributed by atoms with Crippen LogP contribution >= 0.6 is 0 Å². The van der Waals surface area contributed by atoms with Crippen molar-refractivity contribution in [2.24, 2.45) is 0 Å². The second-order valence-electron chi connectivity index (χ2n) is 6.82. The Balaban J connectivity index is 1.88. The Labute approximate surface area is 165 Å². The molecule has 6 heteroatoms. The van der Waals surface area contributed by atoms with E-state index in [-0.39, 0.29) is 11.8 Å². The van der Waals surface area contributed by atoms with E-state index in [0.29, 0.717) is 12.1 Å². The third kappa shape index (κ3) is 5.94. The van der Waals surface area contributed by atoms with Gasteiger partial charge in [0.2, 0.25) is 0 Å². The van der Waals surface area contributed by atoms with Gasteiger partial charge in [-0.15, -0.1) is 0 Å². The molecule has 6 nitrogen and oxygen atoms in total. The number of hydrogen-bond donors (Lipinski definition) is 1. The van der Waals surface area contributed by atoms with Crippen molar-refractivity contribution in [3.8, 4) is 0 Å². The van der Waals surface area contributed by atoms with Crippen LogP contribution in [0.2, 0.25) is 0 Å². The monoisotopic (exact) mass is 382 g/mol. The Morgan fingerprint density at radius 2 is 1.71 bits per heavy atom. The Kier molecular flexibility index (Phi) is 7.32. The molecule has 0 unspecified atom stereocenters. The fourth-order valence-corrected chi connectivity index (χ4v) is 2.70. The molecule has 0 saturated heterocycles. The van der Waals surface area contributed by atoms with Crippen LogP contribution in [0.5, 0.6) is 0 Å². The van der Waals surface area contributed by atoms with E-state index in [1.54, 1.807) is 25.2 Å². The van der Waals surface area contributed by atoms with Gasteiger partial charge in [0.05, 0.1) is 0 Å². The average molecular weight is 382 g/mol. The van der Waals surface area contributed by atoms with Crippen LogP contribution in [0, 0.1) is 6.92 Å². The Morgan fingerprint density at radius 1 is 1.04 bits per heavy atom. The third-order valence-corrected chi connectivity index (χ3v) is 4.26. The second-order valence-corrected chi connectivity index (χ2v) is 6.82. The lowest BCUT2D eigenvalue weighted by atomic mass is 10.1. The van der Waals surface area contributed by atoms with Gasteiger partial charge in [-0.1, -0.05) is 48.0 Å². The van der Waals surface area contributed by atoms with Crippen molar-refractivity contribution in [3.05, 3.63) is 71.3 Å². The first-order chi connectivity index (χ1) is 13.3. The highest BCUT2D eigenvalue weighted by Crippen LogP contribution is 2.08. The summed E-state index contributed by atoms with van der Waals surface area (Å²) >= 11 is 0. The van der Waals surface area contributed by atoms with E-state index in [9.17, 15) is 14.4 Å². The third-order valence-electron chi connectivity index (χ3n) is 4.26. The van der Waals surface area contributed by atoms with Gasteiger partial charge in [-0.05, 0) is 38.5 Å². The number of rotatable bonds is 7. The summed E-state index contributed by atoms with van der Waals surface area (Å²) in [6.07, 6.45) is -0.945. The molecule has 28 heavy (non-hydrogen) atoms. The van der Waals surface area contributed by atoms with Crippen LogP contribution in [-0.4, -0.2) is 41.9 Å². The largest absolute Gasteiger partial charge is 0.451 e. The summed E-state index contributed by atoms with van der Waals surface area (Å²) in [6.45, 7) is 5.35. The molecule has 0 fully saturated rings. The number of carbonyl (C=O) groups is 3. The maximum absolute atomic E-state index is 12.4. The Bertz CT molecular complexity index is 835. The van der Waals surface area contributed by atoms with Gasteiger partial charge < -0.3 is 15.0 Å². The van der Waals surface area contributed by atoms with Crippen LogP contribution < -0.4 is 5.32 Å². The summed E-state index contributed by atoms with van der Waals surface area (Å²) in [5, 5.41) is 2.60. The number of amides is 2. The predicted octanol–water partition coefficient (Wildman–Crippen LogP) is 2.70. The van der Waals surface area contributed by atoms with Crippen molar-refractivity contribution in [3.63, 3.8) is 0 Å². The quantitative estimate of drug-likeness (QED) is 0.747. The van der Waals surface area contributed by atoms with E-state index in [4.69, 9.17) is 4.74 Å². The number of nitrogens with one attached hydrogen (secondary N) is 1. The van der Waals surface area contributed by atoms with Crippen molar-refractivity contribution in [1.82, 2.24) is 10.2 Å². The lowest BCUT2D eigenvalue weighted by Gasteiger charge is -2.23. The first-order valence-corrected chi connectivity index (χ1v) is 9.15. The molecule has 0 aliphatic rings. The van der Waals surface area contributed by atoms with Crippen molar-refractivity contribution in [2.75, 3.05) is 7.05 Å². The second kappa shape index (κ2) is 9.69. The van der Waals surface area contributed by atoms with Gasteiger partial charge in [0, 0.05) is 19.2 Å². The molecule has 0 bridgehead atoms. The summed E-state index contributed by atoms with van der Waals surface area (Å²) in [7, 11) is 1.66. The standard InChI is InChI=1S/C22H26N2O4/c1-15-9-8-12-19(13-15)20(25)23-16(2)22(27)28-17(3)21(26)24(4)14-18-10-6-5-7-11-18/h5-13,16-17H,14H2,1-4H3,(H,23,25)/t16-,17+/m0/s1. The zero-order valence-corrected chi connectivity index (χ0v) is 16.6. The van der Waals surface area contributed by atoms with E-state index >= 15 is 0 Å². The molecule has 0 aliphatic heterocycles. The first-order valence-electron chi connectivity index (χ1n) is 9.15. The normalized spacial score (nSPS) is 12.6. The number of benzene rings is 2. The van der Waals surface area contributed by atoms with Crippen molar-refractivity contribution in [2.45, 2.75) is 39.5 Å². The number of likely N-dealkylation sites (N-methyl/N-ethyl adjacent to an activating group) is 1. The van der Waals surface area contributed by atoms with E-state index < -0.39 is 18.1 Å². The van der Waals surface area contributed by atoms with Crippen molar-refractivity contribution < 1.29 is 19.1 Å². The van der Waals surface area contributed by atoms with Crippen LogP contribution in [0.15, 0.2) is 54.6 Å². The number of ether oxygens (including phenoxy) is 1. The molecule has 2 aromatic carbocycles. The molecule has 0 saturated carbocycles. The number of esters is 1. The number of aryl methyl sites for hydroxylation is 1. The summed E-state index contributed by atoms with van der Waals surface area (Å²) in [4.78, 5) is 38.5. The van der Waals surface area contributed by atoms with E-state index in [0.717, 1.165) is 11.1 Å². The smallest absolute Gasteiger partial charge is 0.329 e. The van der Waals surface area contributed by atoms with Gasteiger partial charge in [-0.3, -0.25) is 9.59 Å². The molecule has 0 aromatic heterocycles. The van der Waals surface area contributed by atoms with Crippen LogP contribution in [0.4, 0.5) is 0 Å². The Hall–Kier alpha value is -3.15. The molecule has 2 atom stereocenters.